The largest absolute Gasteiger partial charge is 0.352 e. The van der Waals surface area contributed by atoms with Gasteiger partial charge in [0, 0.05) is 17.1 Å². The number of rotatable bonds is 11. The number of amides is 2. The number of benzene rings is 3. The maximum absolute atomic E-state index is 14.1. The molecule has 0 heterocycles. The summed E-state index contributed by atoms with van der Waals surface area (Å²) >= 11 is 3.40. The molecule has 3 aromatic rings. The van der Waals surface area contributed by atoms with Crippen LogP contribution in [0.2, 0.25) is 0 Å². The van der Waals surface area contributed by atoms with Crippen molar-refractivity contribution in [1.82, 2.24) is 10.2 Å². The Morgan fingerprint density at radius 3 is 2.29 bits per heavy atom. The van der Waals surface area contributed by atoms with Gasteiger partial charge in [-0.25, -0.2) is 12.8 Å². The number of nitrogens with zero attached hydrogens (tertiary/aromatic N) is 2. The summed E-state index contributed by atoms with van der Waals surface area (Å²) < 4.78 is 43.1. The summed E-state index contributed by atoms with van der Waals surface area (Å²) in [4.78, 5) is 29.1. The fourth-order valence-corrected chi connectivity index (χ4v) is 6.94. The number of halogens is 2. The summed E-state index contributed by atoms with van der Waals surface area (Å²) in [7, 11) is -4.14. The number of nitrogens with one attached hydrogen (secondary N) is 1. The maximum Gasteiger partial charge on any atom is 0.264 e. The van der Waals surface area contributed by atoms with E-state index in [4.69, 9.17) is 0 Å². The minimum atomic E-state index is -4.14. The zero-order valence-corrected chi connectivity index (χ0v) is 25.4. The highest BCUT2D eigenvalue weighted by Gasteiger charge is 2.34. The van der Waals surface area contributed by atoms with E-state index in [1.54, 1.807) is 54.6 Å². The zero-order valence-electron chi connectivity index (χ0n) is 23.0. The summed E-state index contributed by atoms with van der Waals surface area (Å²) in [5, 5.41) is 3.12. The quantitative estimate of drug-likeness (QED) is 0.276. The molecule has 7 nitrogen and oxygen atoms in total. The van der Waals surface area contributed by atoms with Gasteiger partial charge in [-0.1, -0.05) is 78.5 Å². The molecule has 218 valence electrons. The van der Waals surface area contributed by atoms with Crippen molar-refractivity contribution in [2.24, 2.45) is 0 Å². The predicted molar refractivity (Wildman–Crippen MR) is 161 cm³/mol. The second-order valence-electron chi connectivity index (χ2n) is 10.2. The van der Waals surface area contributed by atoms with Crippen LogP contribution in [0, 0.1) is 5.82 Å². The van der Waals surface area contributed by atoms with Gasteiger partial charge in [0.05, 0.1) is 10.6 Å². The van der Waals surface area contributed by atoms with E-state index in [1.165, 1.54) is 29.2 Å². The SMILES string of the molecule is CC[C@H](C(=O)NC1CCCCC1)N(Cc1ccc(F)cc1)C(=O)CN(c1cccc(Br)c1)S(=O)(=O)c1ccccc1. The van der Waals surface area contributed by atoms with Gasteiger partial charge in [0.1, 0.15) is 18.4 Å². The lowest BCUT2D eigenvalue weighted by Gasteiger charge is -2.34. The number of hydrogen-bond donors (Lipinski definition) is 1. The first-order chi connectivity index (χ1) is 19.7. The number of sulfonamides is 1. The van der Waals surface area contributed by atoms with Gasteiger partial charge < -0.3 is 10.2 Å². The van der Waals surface area contributed by atoms with E-state index in [0.29, 0.717) is 22.1 Å². The number of hydrogen-bond acceptors (Lipinski definition) is 4. The molecule has 4 rings (SSSR count). The predicted octanol–water partition coefficient (Wildman–Crippen LogP) is 6.04. The van der Waals surface area contributed by atoms with E-state index >= 15 is 0 Å². The molecule has 1 fully saturated rings. The van der Waals surface area contributed by atoms with E-state index < -0.39 is 34.3 Å². The first-order valence-corrected chi connectivity index (χ1v) is 16.1. The third kappa shape index (κ3) is 7.95. The van der Waals surface area contributed by atoms with Crippen LogP contribution >= 0.6 is 15.9 Å². The van der Waals surface area contributed by atoms with Crippen LogP contribution in [0.3, 0.4) is 0 Å². The zero-order chi connectivity index (χ0) is 29.4. The molecule has 0 aromatic heterocycles. The summed E-state index contributed by atoms with van der Waals surface area (Å²) in [6, 6.07) is 19.6. The third-order valence-corrected chi connectivity index (χ3v) is 9.59. The minimum Gasteiger partial charge on any atom is -0.352 e. The molecule has 41 heavy (non-hydrogen) atoms. The van der Waals surface area contributed by atoms with E-state index in [1.807, 2.05) is 6.92 Å². The average Bonchev–Trinajstić information content (AvgIpc) is 2.97. The van der Waals surface area contributed by atoms with Gasteiger partial charge in [0.25, 0.3) is 10.0 Å². The van der Waals surface area contributed by atoms with E-state index in [9.17, 15) is 22.4 Å². The van der Waals surface area contributed by atoms with Crippen LogP contribution in [-0.4, -0.2) is 43.8 Å². The van der Waals surface area contributed by atoms with Gasteiger partial charge in [0.15, 0.2) is 0 Å². The third-order valence-electron chi connectivity index (χ3n) is 7.31. The Labute approximate surface area is 249 Å². The van der Waals surface area contributed by atoms with Crippen molar-refractivity contribution in [3.8, 4) is 0 Å². The summed E-state index contributed by atoms with van der Waals surface area (Å²) in [5.41, 5.74) is 0.932. The van der Waals surface area contributed by atoms with Crippen LogP contribution in [-0.2, 0) is 26.2 Å². The molecule has 10 heteroatoms. The molecule has 3 aromatic carbocycles. The normalized spacial score (nSPS) is 14.7. The molecule has 0 unspecified atom stereocenters. The maximum atomic E-state index is 14.1. The molecular formula is C31H35BrFN3O4S. The molecule has 1 N–H and O–H groups in total. The van der Waals surface area contributed by atoms with Crippen molar-refractivity contribution in [3.05, 3.63) is 94.7 Å². The van der Waals surface area contributed by atoms with Crippen molar-refractivity contribution in [1.29, 1.82) is 0 Å². The minimum absolute atomic E-state index is 0.0212. The molecule has 0 saturated heterocycles. The highest BCUT2D eigenvalue weighted by Crippen LogP contribution is 2.27. The smallest absolute Gasteiger partial charge is 0.264 e. The monoisotopic (exact) mass is 643 g/mol. The van der Waals surface area contributed by atoms with Crippen LogP contribution in [0.15, 0.2) is 88.2 Å². The average molecular weight is 645 g/mol. The van der Waals surface area contributed by atoms with E-state index in [-0.39, 0.29) is 23.4 Å². The first kappa shape index (κ1) is 30.7. The van der Waals surface area contributed by atoms with Crippen LogP contribution in [0.4, 0.5) is 10.1 Å². The summed E-state index contributed by atoms with van der Waals surface area (Å²) in [6.45, 7) is 1.32. The van der Waals surface area contributed by atoms with Gasteiger partial charge >= 0.3 is 0 Å². The van der Waals surface area contributed by atoms with Gasteiger partial charge in [-0.05, 0) is 67.3 Å². The highest BCUT2D eigenvalue weighted by atomic mass is 79.9. The van der Waals surface area contributed by atoms with E-state index in [0.717, 1.165) is 36.4 Å². The topological polar surface area (TPSA) is 86.8 Å². The first-order valence-electron chi connectivity index (χ1n) is 13.9. The van der Waals surface area contributed by atoms with Gasteiger partial charge in [0.2, 0.25) is 11.8 Å². The van der Waals surface area contributed by atoms with Gasteiger partial charge in [-0.3, -0.25) is 13.9 Å². The molecule has 2 amide bonds. The van der Waals surface area contributed by atoms with Crippen molar-refractivity contribution in [2.75, 3.05) is 10.8 Å². The fourth-order valence-electron chi connectivity index (χ4n) is 5.13. The molecule has 1 atom stereocenters. The lowest BCUT2D eigenvalue weighted by Crippen LogP contribution is -2.54. The molecule has 0 spiro atoms. The lowest BCUT2D eigenvalue weighted by atomic mass is 9.95. The lowest BCUT2D eigenvalue weighted by molar-refractivity contribution is -0.140. The molecule has 0 radical (unpaired) electrons. The van der Waals surface area contributed by atoms with Crippen LogP contribution in [0.1, 0.15) is 51.0 Å². The Morgan fingerprint density at radius 2 is 1.66 bits per heavy atom. The molecule has 1 aliphatic carbocycles. The second kappa shape index (κ2) is 14.1. The fraction of sp³-hybridized carbons (Fsp3) is 0.355. The van der Waals surface area contributed by atoms with Crippen molar-refractivity contribution < 1.29 is 22.4 Å². The molecule has 1 saturated carbocycles. The molecule has 0 aliphatic heterocycles. The summed E-state index contributed by atoms with van der Waals surface area (Å²) in [5.74, 6) is -1.22. The Kier molecular flexibility index (Phi) is 10.6. The van der Waals surface area contributed by atoms with Crippen molar-refractivity contribution >= 4 is 43.5 Å². The number of carbonyl (C=O) groups is 2. The van der Waals surface area contributed by atoms with Gasteiger partial charge in [-0.15, -0.1) is 0 Å². The Hall–Kier alpha value is -3.24. The molecule has 1 aliphatic rings. The van der Waals surface area contributed by atoms with Crippen LogP contribution < -0.4 is 9.62 Å². The Bertz CT molecular complexity index is 1430. The van der Waals surface area contributed by atoms with Crippen molar-refractivity contribution in [2.45, 2.75) is 69.0 Å². The van der Waals surface area contributed by atoms with Crippen LogP contribution in [0.5, 0.6) is 0 Å². The Morgan fingerprint density at radius 1 is 0.976 bits per heavy atom. The van der Waals surface area contributed by atoms with E-state index in [2.05, 4.69) is 21.2 Å². The standard InChI is InChI=1S/C31H35BrFN3O4S/c1-2-29(31(38)34-26-11-5-3-6-12-26)35(21-23-16-18-25(33)19-17-23)30(37)22-36(27-13-9-10-24(32)20-27)41(39,40)28-14-7-4-8-15-28/h4,7-10,13-20,26,29H,2-3,5-6,11-12,21-22H2,1H3,(H,34,38)/t29-/m1/s1. The Balaban J connectivity index is 1.69. The highest BCUT2D eigenvalue weighted by molar-refractivity contribution is 9.10. The number of anilines is 1. The number of carbonyl (C=O) groups excluding carboxylic acids is 2. The van der Waals surface area contributed by atoms with Crippen LogP contribution in [0.25, 0.3) is 0 Å². The summed E-state index contributed by atoms with van der Waals surface area (Å²) in [6.07, 6.45) is 5.33. The second-order valence-corrected chi connectivity index (χ2v) is 13.0. The van der Waals surface area contributed by atoms with Crippen molar-refractivity contribution in [3.63, 3.8) is 0 Å². The molecule has 0 bridgehead atoms. The molecular weight excluding hydrogens is 609 g/mol. The van der Waals surface area contributed by atoms with Gasteiger partial charge in [-0.2, -0.15) is 0 Å².